The number of aryl methyl sites for hydroxylation is 1. The molecule has 1 aromatic carbocycles. The zero-order valence-electron chi connectivity index (χ0n) is 13.7. The predicted molar refractivity (Wildman–Crippen MR) is 91.9 cm³/mol. The molecule has 0 saturated carbocycles. The Hall–Kier alpha value is -2.09. The molecule has 0 aliphatic heterocycles. The number of hydrogen-bond acceptors (Lipinski definition) is 1. The van der Waals surface area contributed by atoms with E-state index in [1.54, 1.807) is 4.57 Å². The zero-order valence-corrected chi connectivity index (χ0v) is 13.7. The number of nitrogens with zero attached hydrogens (tertiary/aromatic N) is 1. The normalized spacial score (nSPS) is 11.6. The van der Waals surface area contributed by atoms with Crippen LogP contribution in [0.4, 0.5) is 0 Å². The van der Waals surface area contributed by atoms with Crippen LogP contribution in [-0.2, 0) is 6.42 Å². The summed E-state index contributed by atoms with van der Waals surface area (Å²) in [5, 5.41) is 1.16. The standard InChI is InChI=1S/C17H19NO.C2H6/c1-4-6-8-13(3)17(19)18-12-11-15-14(5-2)9-7-10-16(15)18;1-2/h4,6-12H,5H2,1-3H3;1-2H3/b6-4-,13-8+;. The van der Waals surface area contributed by atoms with Crippen LogP contribution in [0.5, 0.6) is 0 Å². The molecule has 2 nitrogen and oxygen atoms in total. The van der Waals surface area contributed by atoms with Gasteiger partial charge in [-0.15, -0.1) is 0 Å². The fourth-order valence-electron chi connectivity index (χ4n) is 2.22. The fourth-order valence-corrected chi connectivity index (χ4v) is 2.22. The van der Waals surface area contributed by atoms with E-state index < -0.39 is 0 Å². The maximum atomic E-state index is 12.4. The van der Waals surface area contributed by atoms with Crippen LogP contribution in [0.2, 0.25) is 0 Å². The summed E-state index contributed by atoms with van der Waals surface area (Å²) in [4.78, 5) is 12.4. The van der Waals surface area contributed by atoms with Crippen LogP contribution >= 0.6 is 0 Å². The molecule has 112 valence electrons. The van der Waals surface area contributed by atoms with Gasteiger partial charge in [0.05, 0.1) is 5.52 Å². The van der Waals surface area contributed by atoms with Crippen molar-refractivity contribution in [1.29, 1.82) is 0 Å². The zero-order chi connectivity index (χ0) is 15.8. The van der Waals surface area contributed by atoms with E-state index >= 15 is 0 Å². The second kappa shape index (κ2) is 8.25. The van der Waals surface area contributed by atoms with Crippen molar-refractivity contribution in [3.8, 4) is 0 Å². The Labute approximate surface area is 127 Å². The van der Waals surface area contributed by atoms with E-state index in [9.17, 15) is 4.79 Å². The second-order valence-electron chi connectivity index (χ2n) is 4.57. The third-order valence-corrected chi connectivity index (χ3v) is 3.30. The van der Waals surface area contributed by atoms with Crippen LogP contribution in [-0.4, -0.2) is 10.5 Å². The Morgan fingerprint density at radius 2 is 1.95 bits per heavy atom. The van der Waals surface area contributed by atoms with Crippen LogP contribution in [0.25, 0.3) is 10.9 Å². The van der Waals surface area contributed by atoms with E-state index in [1.165, 1.54) is 5.56 Å². The molecule has 0 bridgehead atoms. The molecule has 2 heteroatoms. The van der Waals surface area contributed by atoms with Gasteiger partial charge in [-0.1, -0.05) is 51.1 Å². The topological polar surface area (TPSA) is 22.0 Å². The van der Waals surface area contributed by atoms with Crippen molar-refractivity contribution in [3.05, 3.63) is 59.8 Å². The Morgan fingerprint density at radius 3 is 2.57 bits per heavy atom. The first kappa shape index (κ1) is 17.0. The van der Waals surface area contributed by atoms with Crippen LogP contribution in [0, 0.1) is 0 Å². The molecule has 0 aliphatic rings. The van der Waals surface area contributed by atoms with E-state index in [1.807, 2.05) is 70.3 Å². The highest BCUT2D eigenvalue weighted by molar-refractivity contribution is 6.02. The highest BCUT2D eigenvalue weighted by Gasteiger charge is 2.11. The molecule has 0 radical (unpaired) electrons. The van der Waals surface area contributed by atoms with Crippen molar-refractivity contribution in [3.63, 3.8) is 0 Å². The summed E-state index contributed by atoms with van der Waals surface area (Å²) < 4.78 is 1.73. The lowest BCUT2D eigenvalue weighted by atomic mass is 10.1. The van der Waals surface area contributed by atoms with Crippen molar-refractivity contribution in [1.82, 2.24) is 4.57 Å². The van der Waals surface area contributed by atoms with Gasteiger partial charge < -0.3 is 0 Å². The summed E-state index contributed by atoms with van der Waals surface area (Å²) in [5.74, 6) is 0.0290. The molecule has 2 aromatic rings. The van der Waals surface area contributed by atoms with Gasteiger partial charge in [0.2, 0.25) is 0 Å². The van der Waals surface area contributed by atoms with Gasteiger partial charge in [-0.3, -0.25) is 9.36 Å². The number of hydrogen-bond donors (Lipinski definition) is 0. The minimum Gasteiger partial charge on any atom is -0.283 e. The van der Waals surface area contributed by atoms with E-state index in [-0.39, 0.29) is 5.91 Å². The Morgan fingerprint density at radius 1 is 1.24 bits per heavy atom. The third kappa shape index (κ3) is 3.72. The number of rotatable bonds is 3. The van der Waals surface area contributed by atoms with Gasteiger partial charge in [-0.2, -0.15) is 0 Å². The molecule has 1 aromatic heterocycles. The van der Waals surface area contributed by atoms with E-state index in [4.69, 9.17) is 0 Å². The third-order valence-electron chi connectivity index (χ3n) is 3.30. The van der Waals surface area contributed by atoms with Gasteiger partial charge in [0.1, 0.15) is 0 Å². The van der Waals surface area contributed by atoms with E-state index in [0.717, 1.165) is 22.9 Å². The summed E-state index contributed by atoms with van der Waals surface area (Å²) in [6.07, 6.45) is 8.48. The van der Waals surface area contributed by atoms with Gasteiger partial charge in [-0.25, -0.2) is 0 Å². The lowest BCUT2D eigenvalue weighted by molar-refractivity contribution is 0.0960. The molecule has 0 aliphatic carbocycles. The molecule has 0 saturated heterocycles. The minimum absolute atomic E-state index is 0.0290. The molecule has 0 unspecified atom stereocenters. The summed E-state index contributed by atoms with van der Waals surface area (Å²) in [6, 6.07) is 8.14. The summed E-state index contributed by atoms with van der Waals surface area (Å²) in [7, 11) is 0. The average Bonchev–Trinajstić information content (AvgIpc) is 2.97. The smallest absolute Gasteiger partial charge is 0.257 e. The van der Waals surface area contributed by atoms with Crippen molar-refractivity contribution in [2.45, 2.75) is 41.0 Å². The molecule has 1 heterocycles. The number of fused-ring (bicyclic) bond motifs is 1. The minimum atomic E-state index is 0.0290. The molecule has 0 N–H and O–H groups in total. The van der Waals surface area contributed by atoms with Crippen LogP contribution in [0.15, 0.2) is 54.3 Å². The van der Waals surface area contributed by atoms with Gasteiger partial charge >= 0.3 is 0 Å². The first-order valence-electron chi connectivity index (χ1n) is 7.62. The maximum absolute atomic E-state index is 12.4. The maximum Gasteiger partial charge on any atom is 0.257 e. The van der Waals surface area contributed by atoms with Crippen LogP contribution in [0.1, 0.15) is 45.0 Å². The largest absolute Gasteiger partial charge is 0.283 e. The molecule has 0 spiro atoms. The fraction of sp³-hybridized carbons (Fsp3) is 0.316. The molecule has 0 amide bonds. The number of aromatic nitrogens is 1. The lowest BCUT2D eigenvalue weighted by Crippen LogP contribution is -2.10. The highest BCUT2D eigenvalue weighted by atomic mass is 16.2. The van der Waals surface area contributed by atoms with E-state index in [0.29, 0.717) is 0 Å². The molecule has 21 heavy (non-hydrogen) atoms. The van der Waals surface area contributed by atoms with E-state index in [2.05, 4.69) is 13.0 Å². The number of benzene rings is 1. The summed E-state index contributed by atoms with van der Waals surface area (Å²) in [6.45, 7) is 9.91. The number of allylic oxidation sites excluding steroid dienone is 4. The number of carbonyl (C=O) groups is 1. The quantitative estimate of drug-likeness (QED) is 0.546. The molecule has 0 atom stereocenters. The summed E-state index contributed by atoms with van der Waals surface area (Å²) in [5.41, 5.74) is 2.99. The van der Waals surface area contributed by atoms with Crippen LogP contribution < -0.4 is 0 Å². The SMILES string of the molecule is C/C=C\C=C(/C)C(=O)n1ccc2c(CC)cccc21.CC. The van der Waals surface area contributed by atoms with Gasteiger partial charge in [0, 0.05) is 17.2 Å². The molecule has 0 fully saturated rings. The Bertz CT molecular complexity index is 659. The average molecular weight is 283 g/mol. The van der Waals surface area contributed by atoms with Gasteiger partial charge in [0.25, 0.3) is 5.91 Å². The van der Waals surface area contributed by atoms with Crippen molar-refractivity contribution in [2.75, 3.05) is 0 Å². The Kier molecular flexibility index (Phi) is 6.67. The number of carbonyl (C=O) groups excluding carboxylic acids is 1. The van der Waals surface area contributed by atoms with Crippen molar-refractivity contribution >= 4 is 16.8 Å². The monoisotopic (exact) mass is 283 g/mol. The second-order valence-corrected chi connectivity index (χ2v) is 4.57. The first-order chi connectivity index (χ1) is 10.2. The molecular formula is C19H25NO. The van der Waals surface area contributed by atoms with Gasteiger partial charge in [-0.05, 0) is 38.0 Å². The van der Waals surface area contributed by atoms with Crippen molar-refractivity contribution in [2.24, 2.45) is 0 Å². The lowest BCUT2D eigenvalue weighted by Gasteiger charge is -2.05. The Balaban J connectivity index is 0.00000106. The summed E-state index contributed by atoms with van der Waals surface area (Å²) >= 11 is 0. The van der Waals surface area contributed by atoms with Crippen LogP contribution in [0.3, 0.4) is 0 Å². The van der Waals surface area contributed by atoms with Crippen molar-refractivity contribution < 1.29 is 4.79 Å². The molecular weight excluding hydrogens is 258 g/mol. The first-order valence-corrected chi connectivity index (χ1v) is 7.62. The molecule has 2 rings (SSSR count). The highest BCUT2D eigenvalue weighted by Crippen LogP contribution is 2.21. The predicted octanol–water partition coefficient (Wildman–Crippen LogP) is 5.39. The van der Waals surface area contributed by atoms with Gasteiger partial charge in [0.15, 0.2) is 0 Å².